The van der Waals surface area contributed by atoms with Gasteiger partial charge in [0, 0.05) is 4.91 Å². The van der Waals surface area contributed by atoms with Crippen molar-refractivity contribution in [3.8, 4) is 0 Å². The number of aliphatic hydroxyl groups is 1. The van der Waals surface area contributed by atoms with Crippen molar-refractivity contribution in [3.05, 3.63) is 154 Å². The summed E-state index contributed by atoms with van der Waals surface area (Å²) in [6.45, 7) is 1.01. The molecule has 0 aromatic heterocycles. The van der Waals surface area contributed by atoms with Crippen molar-refractivity contribution in [1.29, 1.82) is 0 Å². The molecule has 8 nitrogen and oxygen atoms in total. The smallest absolute Gasteiger partial charge is 0.115 e. The van der Waals surface area contributed by atoms with E-state index >= 15 is 0 Å². The fraction of sp³-hybridized carbons (Fsp3) is 0.294. The lowest BCUT2D eigenvalue weighted by molar-refractivity contribution is -0.246. The van der Waals surface area contributed by atoms with Crippen LogP contribution in [-0.2, 0) is 45.4 Å². The van der Waals surface area contributed by atoms with Crippen LogP contribution in [0.5, 0.6) is 0 Å². The molecule has 1 N–H and O–H groups in total. The highest BCUT2D eigenvalue weighted by Crippen LogP contribution is 2.34. The van der Waals surface area contributed by atoms with Crippen molar-refractivity contribution >= 4 is 0 Å². The summed E-state index contributed by atoms with van der Waals surface area (Å²) >= 11 is 0. The van der Waals surface area contributed by atoms with Crippen molar-refractivity contribution in [2.45, 2.75) is 63.0 Å². The average molecular weight is 566 g/mol. The van der Waals surface area contributed by atoms with Crippen LogP contribution >= 0.6 is 0 Å². The molecule has 4 aromatic carbocycles. The second-order valence-electron chi connectivity index (χ2n) is 10.2. The van der Waals surface area contributed by atoms with Gasteiger partial charge in [0.05, 0.1) is 44.7 Å². The maximum Gasteiger partial charge on any atom is 0.115 e. The Balaban J connectivity index is 1.48. The SMILES string of the molecule is [N-]=[N+]=N[C@@H]1[C@@H](O)[C@H](OCc2ccccc2)[C@@H](OCc2ccccc2)[C@H](OCc2ccccc2)[C@H]1OCc1ccccc1. The monoisotopic (exact) mass is 565 g/mol. The zero-order valence-electron chi connectivity index (χ0n) is 23.3. The minimum absolute atomic E-state index is 0.234. The zero-order chi connectivity index (χ0) is 29.0. The fourth-order valence-electron chi connectivity index (χ4n) is 5.18. The molecule has 42 heavy (non-hydrogen) atoms. The van der Waals surface area contributed by atoms with Crippen LogP contribution in [0.4, 0.5) is 0 Å². The molecule has 0 aliphatic heterocycles. The van der Waals surface area contributed by atoms with Crippen molar-refractivity contribution in [3.63, 3.8) is 0 Å². The third-order valence-corrected chi connectivity index (χ3v) is 7.32. The summed E-state index contributed by atoms with van der Waals surface area (Å²) in [5.74, 6) is 0. The minimum atomic E-state index is -1.21. The summed E-state index contributed by atoms with van der Waals surface area (Å²) in [6, 6.07) is 38.0. The molecule has 0 heterocycles. The van der Waals surface area contributed by atoms with Gasteiger partial charge in [-0.1, -0.05) is 126 Å². The number of benzene rings is 4. The van der Waals surface area contributed by atoms with E-state index in [-0.39, 0.29) is 26.4 Å². The Kier molecular flexibility index (Phi) is 10.7. The lowest BCUT2D eigenvalue weighted by Gasteiger charge is -2.47. The van der Waals surface area contributed by atoms with Gasteiger partial charge in [-0.2, -0.15) is 0 Å². The lowest BCUT2D eigenvalue weighted by atomic mass is 9.82. The summed E-state index contributed by atoms with van der Waals surface area (Å²) in [5.41, 5.74) is 13.3. The van der Waals surface area contributed by atoms with Gasteiger partial charge in [0.25, 0.3) is 0 Å². The van der Waals surface area contributed by atoms with E-state index < -0.39 is 36.6 Å². The van der Waals surface area contributed by atoms with Crippen LogP contribution in [0.3, 0.4) is 0 Å². The number of rotatable bonds is 13. The zero-order valence-corrected chi connectivity index (χ0v) is 23.3. The number of azide groups is 1. The highest BCUT2D eigenvalue weighted by Gasteiger charge is 2.53. The largest absolute Gasteiger partial charge is 0.390 e. The maximum absolute atomic E-state index is 11.7. The van der Waals surface area contributed by atoms with E-state index in [4.69, 9.17) is 18.9 Å². The molecule has 1 saturated carbocycles. The summed E-state index contributed by atoms with van der Waals surface area (Å²) < 4.78 is 25.9. The van der Waals surface area contributed by atoms with Crippen LogP contribution in [0, 0.1) is 0 Å². The first-order valence-electron chi connectivity index (χ1n) is 14.1. The highest BCUT2D eigenvalue weighted by molar-refractivity contribution is 5.17. The van der Waals surface area contributed by atoms with Crippen molar-refractivity contribution in [2.75, 3.05) is 0 Å². The van der Waals surface area contributed by atoms with Crippen LogP contribution in [0.2, 0.25) is 0 Å². The van der Waals surface area contributed by atoms with Crippen molar-refractivity contribution in [2.24, 2.45) is 5.11 Å². The van der Waals surface area contributed by atoms with E-state index in [1.807, 2.05) is 121 Å². The summed E-state index contributed by atoms with van der Waals surface area (Å²) in [6.07, 6.45) is -4.34. The maximum atomic E-state index is 11.7. The molecule has 0 spiro atoms. The van der Waals surface area contributed by atoms with Gasteiger partial charge < -0.3 is 24.1 Å². The van der Waals surface area contributed by atoms with E-state index in [0.29, 0.717) is 0 Å². The topological polar surface area (TPSA) is 106 Å². The number of aliphatic hydroxyl groups excluding tert-OH is 1. The third kappa shape index (κ3) is 7.84. The first-order valence-corrected chi connectivity index (χ1v) is 14.1. The van der Waals surface area contributed by atoms with Crippen molar-refractivity contribution < 1.29 is 24.1 Å². The van der Waals surface area contributed by atoms with E-state index in [1.54, 1.807) is 0 Å². The van der Waals surface area contributed by atoms with E-state index in [1.165, 1.54) is 0 Å². The normalized spacial score (nSPS) is 23.6. The Morgan fingerprint density at radius 3 is 1.17 bits per heavy atom. The Morgan fingerprint density at radius 1 is 0.500 bits per heavy atom. The Labute approximate surface area is 246 Å². The van der Waals surface area contributed by atoms with E-state index in [2.05, 4.69) is 10.0 Å². The molecule has 0 radical (unpaired) electrons. The molecule has 8 heteroatoms. The summed E-state index contributed by atoms with van der Waals surface area (Å²) in [7, 11) is 0. The Bertz CT molecular complexity index is 1390. The van der Waals surface area contributed by atoms with Gasteiger partial charge in [0.2, 0.25) is 0 Å². The van der Waals surface area contributed by atoms with E-state index in [0.717, 1.165) is 22.3 Å². The van der Waals surface area contributed by atoms with Gasteiger partial charge in [-0.3, -0.25) is 0 Å². The first kappa shape index (κ1) is 29.5. The van der Waals surface area contributed by atoms with Gasteiger partial charge in [0.15, 0.2) is 0 Å². The Morgan fingerprint density at radius 2 is 0.810 bits per heavy atom. The average Bonchev–Trinajstić information content (AvgIpc) is 3.05. The predicted octanol–water partition coefficient (Wildman–Crippen LogP) is 6.38. The summed E-state index contributed by atoms with van der Waals surface area (Å²) in [4.78, 5) is 3.07. The minimum Gasteiger partial charge on any atom is -0.390 e. The van der Waals surface area contributed by atoms with Crippen LogP contribution in [0.15, 0.2) is 126 Å². The quantitative estimate of drug-likeness (QED) is 0.115. The van der Waals surface area contributed by atoms with Crippen LogP contribution < -0.4 is 0 Å². The molecule has 0 bridgehead atoms. The van der Waals surface area contributed by atoms with Crippen LogP contribution in [0.1, 0.15) is 22.3 Å². The molecule has 5 rings (SSSR count). The number of ether oxygens (including phenoxy) is 4. The Hall–Kier alpha value is -4.01. The molecule has 4 aromatic rings. The molecule has 0 amide bonds. The fourth-order valence-corrected chi connectivity index (χ4v) is 5.18. The number of hydrogen-bond donors (Lipinski definition) is 1. The molecule has 1 aliphatic rings. The van der Waals surface area contributed by atoms with Gasteiger partial charge in [0.1, 0.15) is 18.3 Å². The molecule has 1 aliphatic carbocycles. The second kappa shape index (κ2) is 15.3. The van der Waals surface area contributed by atoms with Gasteiger partial charge in [-0.05, 0) is 27.8 Å². The van der Waals surface area contributed by atoms with Gasteiger partial charge >= 0.3 is 0 Å². The second-order valence-corrected chi connectivity index (χ2v) is 10.2. The number of nitrogens with zero attached hydrogens (tertiary/aromatic N) is 3. The predicted molar refractivity (Wildman–Crippen MR) is 159 cm³/mol. The molecule has 6 atom stereocenters. The lowest BCUT2D eigenvalue weighted by Crippen LogP contribution is -2.65. The third-order valence-electron chi connectivity index (χ3n) is 7.32. The molecule has 0 saturated heterocycles. The number of hydrogen-bond acceptors (Lipinski definition) is 6. The molecule has 216 valence electrons. The van der Waals surface area contributed by atoms with Gasteiger partial charge in [-0.25, -0.2) is 0 Å². The van der Waals surface area contributed by atoms with Gasteiger partial charge in [-0.15, -0.1) is 0 Å². The van der Waals surface area contributed by atoms with Crippen molar-refractivity contribution in [1.82, 2.24) is 0 Å². The highest BCUT2D eigenvalue weighted by atomic mass is 16.6. The van der Waals surface area contributed by atoms with Crippen LogP contribution in [0.25, 0.3) is 10.4 Å². The first-order chi connectivity index (χ1) is 20.7. The molecule has 0 unspecified atom stereocenters. The summed E-state index contributed by atoms with van der Waals surface area (Å²) in [5, 5.41) is 15.7. The van der Waals surface area contributed by atoms with E-state index in [9.17, 15) is 10.6 Å². The molecule has 1 fully saturated rings. The standard InChI is InChI=1S/C34H35N3O5/c35-37-36-29-30(38)32(40-22-26-15-7-2-8-16-26)34(42-24-28-19-11-4-12-20-28)33(41-23-27-17-9-3-10-18-27)31(29)39-21-25-13-5-1-6-14-25/h1-20,29-34,38H,21-24H2/t29-,30-,31+,32+,33-,34-/m1/s1. The molecular weight excluding hydrogens is 530 g/mol. The molecular formula is C34H35N3O5. The van der Waals surface area contributed by atoms with Crippen LogP contribution in [-0.4, -0.2) is 41.7 Å².